The number of nitrogens with zero attached hydrogens (tertiary/aromatic N) is 5. The molecule has 384 valence electrons. The second kappa shape index (κ2) is 18.4. The molecule has 1 aliphatic heterocycles. The number of hydrogen-bond acceptors (Lipinski definition) is 4. The molecular formula is C72H65N5O. The highest BCUT2D eigenvalue weighted by Crippen LogP contribution is 2.47. The van der Waals surface area contributed by atoms with Gasteiger partial charge in [0.2, 0.25) is 0 Å². The van der Waals surface area contributed by atoms with Crippen LogP contribution in [0.4, 0.5) is 22.7 Å². The molecule has 0 atom stereocenters. The summed E-state index contributed by atoms with van der Waals surface area (Å²) in [6, 6.07) is 77.4. The topological polar surface area (TPSA) is 38.5 Å². The Morgan fingerprint density at radius 1 is 0.346 bits per heavy atom. The van der Waals surface area contributed by atoms with Crippen molar-refractivity contribution in [2.24, 2.45) is 0 Å². The number of pyridine rings is 1. The largest absolute Gasteiger partial charge is 0.457 e. The highest BCUT2D eigenvalue weighted by Gasteiger charge is 2.31. The summed E-state index contributed by atoms with van der Waals surface area (Å²) in [5.41, 5.74) is 18.7. The van der Waals surface area contributed by atoms with Crippen molar-refractivity contribution in [1.82, 2.24) is 14.1 Å². The number of hydrogen-bond donors (Lipinski definition) is 0. The molecule has 4 heterocycles. The molecule has 6 heteroatoms. The maximum atomic E-state index is 6.94. The third-order valence-corrected chi connectivity index (χ3v) is 15.9. The first-order valence-corrected chi connectivity index (χ1v) is 27.4. The third-order valence-electron chi connectivity index (χ3n) is 15.9. The molecule has 9 aromatic carbocycles. The first-order valence-electron chi connectivity index (χ1n) is 27.4. The van der Waals surface area contributed by atoms with Gasteiger partial charge in [-0.15, -0.1) is 0 Å². The number of benzene rings is 9. The van der Waals surface area contributed by atoms with E-state index in [9.17, 15) is 0 Å². The molecule has 0 unspecified atom stereocenters. The first kappa shape index (κ1) is 48.8. The van der Waals surface area contributed by atoms with Crippen molar-refractivity contribution in [1.29, 1.82) is 0 Å². The van der Waals surface area contributed by atoms with Crippen molar-refractivity contribution >= 4 is 66.4 Å². The minimum Gasteiger partial charge on any atom is -0.457 e. The van der Waals surface area contributed by atoms with E-state index in [0.29, 0.717) is 6.67 Å². The van der Waals surface area contributed by atoms with E-state index in [0.717, 1.165) is 67.2 Å². The Morgan fingerprint density at radius 3 is 1.49 bits per heavy atom. The molecule has 0 saturated carbocycles. The van der Waals surface area contributed by atoms with Crippen LogP contribution in [-0.2, 0) is 16.2 Å². The molecule has 12 aromatic rings. The summed E-state index contributed by atoms with van der Waals surface area (Å²) in [6.45, 7) is 21.3. The Balaban J connectivity index is 0.913. The minimum atomic E-state index is -0.0705. The molecule has 0 N–H and O–H groups in total. The zero-order valence-corrected chi connectivity index (χ0v) is 46.1. The van der Waals surface area contributed by atoms with E-state index in [1.165, 1.54) is 61.1 Å². The lowest BCUT2D eigenvalue weighted by molar-refractivity contribution is 0.483. The minimum absolute atomic E-state index is 0.00376. The number of para-hydroxylation sites is 2. The SMILES string of the molecule is CC(C)(C)c1cc(N2CN(c3cccc(Oc4ccc5c6cc(-n7c8ccc(-c9ccccc9)cc8c8cc(-c9ccccc9)ccc87)ccc6n(-c6cc(C(C)(C)C)ccn6)c5c4)c3)c3ccccc32)cc(C(C)(C)C)c1. The second-order valence-electron chi connectivity index (χ2n) is 24.3. The smallest absolute Gasteiger partial charge is 0.137 e. The van der Waals surface area contributed by atoms with Gasteiger partial charge in [-0.05, 0) is 158 Å². The van der Waals surface area contributed by atoms with Gasteiger partial charge in [-0.25, -0.2) is 4.98 Å². The molecule has 0 amide bonds. The molecule has 13 rings (SSSR count). The van der Waals surface area contributed by atoms with Crippen molar-refractivity contribution in [3.05, 3.63) is 235 Å². The number of fused-ring (bicyclic) bond motifs is 7. The van der Waals surface area contributed by atoms with Gasteiger partial charge in [-0.2, -0.15) is 0 Å². The lowest BCUT2D eigenvalue weighted by atomic mass is 9.80. The average Bonchev–Trinajstić information content (AvgIpc) is 4.32. The molecule has 0 bridgehead atoms. The summed E-state index contributed by atoms with van der Waals surface area (Å²) in [4.78, 5) is 9.93. The lowest BCUT2D eigenvalue weighted by Gasteiger charge is -2.29. The van der Waals surface area contributed by atoms with Crippen molar-refractivity contribution in [3.63, 3.8) is 0 Å². The molecule has 78 heavy (non-hydrogen) atoms. The predicted molar refractivity (Wildman–Crippen MR) is 328 cm³/mol. The maximum absolute atomic E-state index is 6.94. The van der Waals surface area contributed by atoms with Crippen LogP contribution in [-0.4, -0.2) is 20.8 Å². The van der Waals surface area contributed by atoms with Crippen molar-refractivity contribution in [2.45, 2.75) is 78.6 Å². The fraction of sp³-hybridized carbons (Fsp3) is 0.181. The number of rotatable bonds is 8. The maximum Gasteiger partial charge on any atom is 0.137 e. The van der Waals surface area contributed by atoms with Crippen molar-refractivity contribution in [2.75, 3.05) is 16.5 Å². The molecule has 0 aliphatic carbocycles. The Morgan fingerprint density at radius 2 is 0.885 bits per heavy atom. The van der Waals surface area contributed by atoms with Gasteiger partial charge in [0.15, 0.2) is 0 Å². The van der Waals surface area contributed by atoms with E-state index in [1.54, 1.807) is 0 Å². The number of anilines is 4. The highest BCUT2D eigenvalue weighted by atomic mass is 16.5. The van der Waals surface area contributed by atoms with Gasteiger partial charge in [-0.1, -0.05) is 159 Å². The van der Waals surface area contributed by atoms with Crippen LogP contribution < -0.4 is 14.5 Å². The van der Waals surface area contributed by atoms with Gasteiger partial charge in [-0.3, -0.25) is 4.57 Å². The summed E-state index contributed by atoms with van der Waals surface area (Å²) >= 11 is 0. The van der Waals surface area contributed by atoms with Crippen LogP contribution >= 0.6 is 0 Å². The average molecular weight is 1020 g/mol. The van der Waals surface area contributed by atoms with E-state index in [4.69, 9.17) is 9.72 Å². The van der Waals surface area contributed by atoms with Crippen LogP contribution in [0, 0.1) is 0 Å². The van der Waals surface area contributed by atoms with E-state index >= 15 is 0 Å². The molecule has 6 nitrogen and oxygen atoms in total. The summed E-state index contributed by atoms with van der Waals surface area (Å²) in [5, 5.41) is 4.68. The van der Waals surface area contributed by atoms with Crippen molar-refractivity contribution < 1.29 is 4.74 Å². The Kier molecular flexibility index (Phi) is 11.5. The Hall–Kier alpha value is -8.87. The van der Waals surface area contributed by atoms with Gasteiger partial charge in [0.05, 0.1) is 33.4 Å². The molecule has 0 radical (unpaired) electrons. The Labute approximate surface area is 458 Å². The monoisotopic (exact) mass is 1020 g/mol. The molecule has 1 aliphatic rings. The molecule has 0 saturated heterocycles. The summed E-state index contributed by atoms with van der Waals surface area (Å²) in [7, 11) is 0. The normalized spacial score (nSPS) is 13.1. The third kappa shape index (κ3) is 8.66. The zero-order chi connectivity index (χ0) is 53.7. The summed E-state index contributed by atoms with van der Waals surface area (Å²) < 4.78 is 11.7. The molecule has 0 fully saturated rings. The van der Waals surface area contributed by atoms with Crippen LogP contribution in [0.25, 0.3) is 77.4 Å². The molecular weight excluding hydrogens is 951 g/mol. The van der Waals surface area contributed by atoms with Gasteiger partial charge >= 0.3 is 0 Å². The fourth-order valence-corrected chi connectivity index (χ4v) is 11.5. The zero-order valence-electron chi connectivity index (χ0n) is 46.1. The molecule has 3 aromatic heterocycles. The van der Waals surface area contributed by atoms with Gasteiger partial charge in [0, 0.05) is 56.9 Å². The first-order chi connectivity index (χ1) is 37.5. The van der Waals surface area contributed by atoms with Crippen LogP contribution in [0.5, 0.6) is 11.5 Å². The van der Waals surface area contributed by atoms with Crippen LogP contribution in [0.1, 0.15) is 79.0 Å². The van der Waals surface area contributed by atoms with Crippen LogP contribution in [0.3, 0.4) is 0 Å². The number of aromatic nitrogens is 3. The number of ether oxygens (including phenoxy) is 1. The van der Waals surface area contributed by atoms with E-state index < -0.39 is 0 Å². The summed E-state index contributed by atoms with van der Waals surface area (Å²) in [6.07, 6.45) is 1.95. The van der Waals surface area contributed by atoms with Crippen molar-refractivity contribution in [3.8, 4) is 45.3 Å². The lowest BCUT2D eigenvalue weighted by Crippen LogP contribution is -2.25. The Bertz CT molecular complexity index is 4150. The standard InChI is InChI=1S/C72H65N5O/c1-70(2,3)51-35-36-73-69(42-51)77-65-34-29-55(76-63-32-27-49(47-19-12-10-13-20-47)37-60(63)61-38-50(28-33-64(61)76)48-21-14-11-15-22-48)44-62(65)59-31-30-58(45-68(59)77)78-57-24-18-23-54(43-57)74-46-75(67-26-17-16-25-66(67)74)56-40-52(71(4,5)6)39-53(41-56)72(7,8)9/h10-45H,46H2,1-9H3. The van der Waals surface area contributed by atoms with Gasteiger partial charge in [0.1, 0.15) is 24.0 Å². The second-order valence-corrected chi connectivity index (χ2v) is 24.3. The van der Waals surface area contributed by atoms with E-state index in [2.05, 4.69) is 294 Å². The van der Waals surface area contributed by atoms with Crippen LogP contribution in [0.2, 0.25) is 0 Å². The van der Waals surface area contributed by atoms with Crippen LogP contribution in [0.15, 0.2) is 219 Å². The van der Waals surface area contributed by atoms with Gasteiger partial charge in [0.25, 0.3) is 0 Å². The predicted octanol–water partition coefficient (Wildman–Crippen LogP) is 19.5. The van der Waals surface area contributed by atoms with E-state index in [1.807, 2.05) is 6.20 Å². The quantitative estimate of drug-likeness (QED) is 0.152. The molecule has 0 spiro atoms. The van der Waals surface area contributed by atoms with Gasteiger partial charge < -0.3 is 19.1 Å². The van der Waals surface area contributed by atoms with E-state index in [-0.39, 0.29) is 16.2 Å². The fourth-order valence-electron chi connectivity index (χ4n) is 11.5. The highest BCUT2D eigenvalue weighted by molar-refractivity contribution is 6.13. The summed E-state index contributed by atoms with van der Waals surface area (Å²) in [5.74, 6) is 2.38.